The SMILES string of the molecule is CCCc1c(C)nc2ncnn2c1Sc1ccc(NC(=O)Nc2cc(Cl)ccc2C)cc1. The van der Waals surface area contributed by atoms with Gasteiger partial charge in [0.25, 0.3) is 5.78 Å². The average Bonchev–Trinajstić information content (AvgIpc) is 3.22. The fraction of sp³-hybridized carbons (Fsp3) is 0.217. The van der Waals surface area contributed by atoms with Gasteiger partial charge in [-0.05, 0) is 62.2 Å². The second kappa shape index (κ2) is 9.58. The number of benzene rings is 2. The van der Waals surface area contributed by atoms with Crippen LogP contribution in [0.4, 0.5) is 16.2 Å². The minimum absolute atomic E-state index is 0.324. The van der Waals surface area contributed by atoms with E-state index in [1.54, 1.807) is 28.4 Å². The normalized spacial score (nSPS) is 11.0. The Morgan fingerprint density at radius 2 is 1.91 bits per heavy atom. The fourth-order valence-electron chi connectivity index (χ4n) is 3.33. The second-order valence-electron chi connectivity index (χ2n) is 7.37. The van der Waals surface area contributed by atoms with E-state index in [1.807, 2.05) is 44.2 Å². The van der Waals surface area contributed by atoms with Crippen LogP contribution in [0, 0.1) is 13.8 Å². The Morgan fingerprint density at radius 3 is 2.66 bits per heavy atom. The first-order valence-corrected chi connectivity index (χ1v) is 11.5. The van der Waals surface area contributed by atoms with Crippen molar-refractivity contribution in [3.05, 3.63) is 70.6 Å². The molecule has 0 saturated heterocycles. The highest BCUT2D eigenvalue weighted by Crippen LogP contribution is 2.33. The monoisotopic (exact) mass is 466 g/mol. The van der Waals surface area contributed by atoms with Crippen LogP contribution in [0.25, 0.3) is 5.78 Å². The third-order valence-corrected chi connectivity index (χ3v) is 6.31. The predicted octanol–water partition coefficient (Wildman–Crippen LogP) is 6.14. The molecule has 0 spiro atoms. The van der Waals surface area contributed by atoms with E-state index in [0.717, 1.165) is 34.0 Å². The van der Waals surface area contributed by atoms with Crippen molar-refractivity contribution >= 4 is 46.5 Å². The van der Waals surface area contributed by atoms with Gasteiger partial charge in [0, 0.05) is 32.6 Å². The zero-order valence-corrected chi connectivity index (χ0v) is 19.6. The zero-order valence-electron chi connectivity index (χ0n) is 18.0. The smallest absolute Gasteiger partial charge is 0.308 e. The molecule has 7 nitrogen and oxygen atoms in total. The van der Waals surface area contributed by atoms with Gasteiger partial charge in [-0.1, -0.05) is 42.8 Å². The van der Waals surface area contributed by atoms with Gasteiger partial charge in [-0.15, -0.1) is 0 Å². The average molecular weight is 467 g/mol. The molecule has 0 aliphatic rings. The van der Waals surface area contributed by atoms with Gasteiger partial charge < -0.3 is 10.6 Å². The minimum Gasteiger partial charge on any atom is -0.308 e. The number of fused-ring (bicyclic) bond motifs is 1. The Labute approximate surface area is 195 Å². The number of anilines is 2. The molecule has 2 aromatic heterocycles. The van der Waals surface area contributed by atoms with Gasteiger partial charge in [-0.2, -0.15) is 14.6 Å². The van der Waals surface area contributed by atoms with Crippen molar-refractivity contribution in [1.82, 2.24) is 19.6 Å². The lowest BCUT2D eigenvalue weighted by molar-refractivity contribution is 0.262. The molecule has 4 rings (SSSR count). The molecule has 2 amide bonds. The number of carbonyl (C=O) groups excluding carboxylic acids is 1. The largest absolute Gasteiger partial charge is 0.323 e. The van der Waals surface area contributed by atoms with E-state index in [0.29, 0.717) is 22.2 Å². The number of rotatable bonds is 6. The Kier molecular flexibility index (Phi) is 6.62. The van der Waals surface area contributed by atoms with Crippen LogP contribution in [-0.2, 0) is 6.42 Å². The molecule has 0 saturated carbocycles. The van der Waals surface area contributed by atoms with Crippen LogP contribution < -0.4 is 10.6 Å². The van der Waals surface area contributed by atoms with Crippen LogP contribution in [0.15, 0.2) is 58.7 Å². The number of halogens is 1. The molecule has 32 heavy (non-hydrogen) atoms. The molecule has 2 N–H and O–H groups in total. The molecule has 0 aliphatic heterocycles. The third-order valence-electron chi connectivity index (χ3n) is 4.96. The minimum atomic E-state index is -0.324. The van der Waals surface area contributed by atoms with Crippen molar-refractivity contribution in [3.8, 4) is 0 Å². The lowest BCUT2D eigenvalue weighted by Crippen LogP contribution is -2.19. The van der Waals surface area contributed by atoms with Gasteiger partial charge in [0.05, 0.1) is 0 Å². The van der Waals surface area contributed by atoms with Gasteiger partial charge in [0.15, 0.2) is 0 Å². The summed E-state index contributed by atoms with van der Waals surface area (Å²) in [6.45, 7) is 6.07. The summed E-state index contributed by atoms with van der Waals surface area (Å²) in [5, 5.41) is 11.6. The van der Waals surface area contributed by atoms with E-state index in [2.05, 4.69) is 32.6 Å². The van der Waals surface area contributed by atoms with Crippen LogP contribution in [0.5, 0.6) is 0 Å². The van der Waals surface area contributed by atoms with E-state index in [9.17, 15) is 4.79 Å². The first kappa shape index (κ1) is 22.1. The third kappa shape index (κ3) is 4.87. The Morgan fingerprint density at radius 1 is 1.12 bits per heavy atom. The molecule has 0 radical (unpaired) electrons. The number of hydrogen-bond acceptors (Lipinski definition) is 5. The number of carbonyl (C=O) groups is 1. The van der Waals surface area contributed by atoms with Crippen LogP contribution >= 0.6 is 23.4 Å². The summed E-state index contributed by atoms with van der Waals surface area (Å²) in [5.41, 5.74) is 4.45. The molecule has 164 valence electrons. The first-order valence-electron chi connectivity index (χ1n) is 10.3. The maximum atomic E-state index is 12.4. The lowest BCUT2D eigenvalue weighted by Gasteiger charge is -2.13. The molecule has 0 aliphatic carbocycles. The topological polar surface area (TPSA) is 84.2 Å². The molecular weight excluding hydrogens is 444 g/mol. The molecule has 4 aromatic rings. The molecule has 2 aromatic carbocycles. The molecule has 0 bridgehead atoms. The van der Waals surface area contributed by atoms with Crippen molar-refractivity contribution in [2.24, 2.45) is 0 Å². The number of urea groups is 1. The molecule has 0 unspecified atom stereocenters. The summed E-state index contributed by atoms with van der Waals surface area (Å²) in [5.74, 6) is 0.594. The Hall–Kier alpha value is -3.10. The number of nitrogens with zero attached hydrogens (tertiary/aromatic N) is 4. The maximum absolute atomic E-state index is 12.4. The molecular formula is C23H23ClN6OS. The van der Waals surface area contributed by atoms with Crippen molar-refractivity contribution in [3.63, 3.8) is 0 Å². The number of aryl methyl sites for hydroxylation is 2. The fourth-order valence-corrected chi connectivity index (χ4v) is 4.58. The summed E-state index contributed by atoms with van der Waals surface area (Å²) < 4.78 is 1.79. The van der Waals surface area contributed by atoms with Gasteiger partial charge in [0.1, 0.15) is 11.4 Å². The molecule has 0 fully saturated rings. The highest BCUT2D eigenvalue weighted by atomic mass is 35.5. The van der Waals surface area contributed by atoms with Gasteiger partial charge in [0.2, 0.25) is 0 Å². The summed E-state index contributed by atoms with van der Waals surface area (Å²) in [7, 11) is 0. The van der Waals surface area contributed by atoms with Crippen molar-refractivity contribution in [2.75, 3.05) is 10.6 Å². The summed E-state index contributed by atoms with van der Waals surface area (Å²) in [4.78, 5) is 22.2. The van der Waals surface area contributed by atoms with Crippen LogP contribution in [0.3, 0.4) is 0 Å². The highest BCUT2D eigenvalue weighted by molar-refractivity contribution is 7.99. The van der Waals surface area contributed by atoms with Crippen LogP contribution in [-0.4, -0.2) is 25.6 Å². The second-order valence-corrected chi connectivity index (χ2v) is 8.87. The summed E-state index contributed by atoms with van der Waals surface area (Å²) >= 11 is 7.64. The van der Waals surface area contributed by atoms with Crippen molar-refractivity contribution in [1.29, 1.82) is 0 Å². The standard InChI is InChI=1S/C23H23ClN6OS/c1-4-5-19-15(3)27-22-25-13-26-30(22)21(19)32-18-10-8-17(9-11-18)28-23(31)29-20-12-16(24)7-6-14(20)2/h6-13H,4-5H2,1-3H3,(H2,28,29,31). The number of nitrogens with one attached hydrogen (secondary N) is 2. The van der Waals surface area contributed by atoms with E-state index >= 15 is 0 Å². The zero-order chi connectivity index (χ0) is 22.7. The van der Waals surface area contributed by atoms with Crippen LogP contribution in [0.2, 0.25) is 5.02 Å². The quantitative estimate of drug-likeness (QED) is 0.333. The first-order chi connectivity index (χ1) is 15.4. The number of amides is 2. The van der Waals surface area contributed by atoms with Crippen molar-refractivity contribution < 1.29 is 4.79 Å². The Balaban J connectivity index is 1.50. The van der Waals surface area contributed by atoms with Crippen LogP contribution in [0.1, 0.15) is 30.2 Å². The van der Waals surface area contributed by atoms with Gasteiger partial charge in [-0.3, -0.25) is 0 Å². The van der Waals surface area contributed by atoms with E-state index in [-0.39, 0.29) is 6.03 Å². The van der Waals surface area contributed by atoms with E-state index in [1.165, 1.54) is 11.9 Å². The Bertz CT molecular complexity index is 1270. The number of aromatic nitrogens is 4. The van der Waals surface area contributed by atoms with E-state index in [4.69, 9.17) is 11.6 Å². The summed E-state index contributed by atoms with van der Waals surface area (Å²) in [6.07, 6.45) is 3.45. The van der Waals surface area contributed by atoms with Crippen molar-refractivity contribution in [2.45, 2.75) is 43.5 Å². The highest BCUT2D eigenvalue weighted by Gasteiger charge is 2.15. The predicted molar refractivity (Wildman–Crippen MR) is 129 cm³/mol. The van der Waals surface area contributed by atoms with E-state index < -0.39 is 0 Å². The maximum Gasteiger partial charge on any atom is 0.323 e. The molecule has 0 atom stereocenters. The van der Waals surface area contributed by atoms with Gasteiger partial charge >= 0.3 is 6.03 Å². The lowest BCUT2D eigenvalue weighted by atomic mass is 10.1. The number of hydrogen-bond donors (Lipinski definition) is 2. The molecule has 9 heteroatoms. The van der Waals surface area contributed by atoms with Gasteiger partial charge in [-0.25, -0.2) is 9.78 Å². The molecule has 2 heterocycles. The summed E-state index contributed by atoms with van der Waals surface area (Å²) in [6, 6.07) is 12.8.